The van der Waals surface area contributed by atoms with Crippen molar-refractivity contribution in [2.45, 2.75) is 40.0 Å². The van der Waals surface area contributed by atoms with Crippen LogP contribution in [0.2, 0.25) is 0 Å². The second-order valence-corrected chi connectivity index (χ2v) is 15.4. The molecule has 0 N–H and O–H groups in total. The van der Waals surface area contributed by atoms with Gasteiger partial charge in [0.2, 0.25) is 0 Å². The van der Waals surface area contributed by atoms with Crippen molar-refractivity contribution in [3.8, 4) is 0 Å². The minimum atomic E-state index is -1.80. The molecule has 0 aromatic heterocycles. The van der Waals surface area contributed by atoms with Crippen LogP contribution >= 0.6 is 139 Å². The summed E-state index contributed by atoms with van der Waals surface area (Å²) in [5.41, 5.74) is 1.59. The molecule has 4 bridgehead atoms. The van der Waals surface area contributed by atoms with Gasteiger partial charge in [-0.2, -0.15) is 0 Å². The highest BCUT2D eigenvalue weighted by Gasteiger charge is 2.91. The summed E-state index contributed by atoms with van der Waals surface area (Å²) < 4.78 is -3.60. The van der Waals surface area contributed by atoms with E-state index in [9.17, 15) is 0 Å². The zero-order chi connectivity index (χ0) is 23.6. The molecule has 0 nitrogen and oxygen atoms in total. The van der Waals surface area contributed by atoms with Crippen LogP contribution < -0.4 is 0 Å². The lowest BCUT2D eigenvalue weighted by Crippen LogP contribution is -2.53. The van der Waals surface area contributed by atoms with Gasteiger partial charge in [0.1, 0.15) is 19.5 Å². The molecule has 2 fully saturated rings. The van der Waals surface area contributed by atoms with Crippen LogP contribution in [0, 0.1) is 11.8 Å². The molecule has 6 rings (SSSR count). The second kappa shape index (κ2) is 6.59. The fraction of sp³-hybridized carbons (Fsp3) is 0.500. The summed E-state index contributed by atoms with van der Waals surface area (Å²) in [6.07, 6.45) is 0. The van der Waals surface area contributed by atoms with Crippen LogP contribution in [0.3, 0.4) is 0 Å². The Bertz CT molecular complexity index is 1100. The standard InChI is InChI=1S/C20H8Cl12/c21-11-13(23)17(27)9-7(15(11,25)19(17,29)30)5-3-1-2-4-6(5)8-10(9)18(28)14(24)12(22)16(8,26)20(18,31)32/h1-4,7-10H. The van der Waals surface area contributed by atoms with Crippen LogP contribution in [-0.4, -0.2) is 28.2 Å². The van der Waals surface area contributed by atoms with E-state index in [1.54, 1.807) is 0 Å². The molecular formula is C20H8Cl12. The molecule has 172 valence electrons. The van der Waals surface area contributed by atoms with Crippen LogP contribution in [0.15, 0.2) is 44.4 Å². The van der Waals surface area contributed by atoms with Gasteiger partial charge in [0.05, 0.1) is 20.1 Å². The van der Waals surface area contributed by atoms with E-state index in [-0.39, 0.29) is 20.1 Å². The van der Waals surface area contributed by atoms with E-state index in [1.807, 2.05) is 24.3 Å². The summed E-state index contributed by atoms with van der Waals surface area (Å²) in [6, 6.07) is 7.51. The van der Waals surface area contributed by atoms with Crippen LogP contribution in [-0.2, 0) is 0 Å². The molecule has 0 amide bonds. The minimum absolute atomic E-state index is 0.0489. The van der Waals surface area contributed by atoms with Crippen molar-refractivity contribution in [3.05, 3.63) is 55.5 Å². The van der Waals surface area contributed by atoms with Gasteiger partial charge in [0.25, 0.3) is 0 Å². The van der Waals surface area contributed by atoms with Gasteiger partial charge in [-0.25, -0.2) is 0 Å². The van der Waals surface area contributed by atoms with E-state index in [2.05, 4.69) is 0 Å². The Kier molecular flexibility index (Phi) is 5.05. The lowest BCUT2D eigenvalue weighted by Gasteiger charge is -2.52. The topological polar surface area (TPSA) is 0 Å². The highest BCUT2D eigenvalue weighted by Crippen LogP contribution is 2.88. The lowest BCUT2D eigenvalue weighted by atomic mass is 9.57. The van der Waals surface area contributed by atoms with Crippen molar-refractivity contribution < 1.29 is 0 Å². The normalized spacial score (nSPS) is 51.2. The van der Waals surface area contributed by atoms with Gasteiger partial charge in [-0.3, -0.25) is 0 Å². The van der Waals surface area contributed by atoms with Crippen molar-refractivity contribution >= 4 is 139 Å². The largest absolute Gasteiger partial charge is 0.167 e. The molecule has 0 heterocycles. The first-order valence-corrected chi connectivity index (χ1v) is 13.9. The van der Waals surface area contributed by atoms with Gasteiger partial charge < -0.3 is 0 Å². The van der Waals surface area contributed by atoms with E-state index in [0.29, 0.717) is 0 Å². The average Bonchev–Trinajstić information content (AvgIpc) is 3.08. The van der Waals surface area contributed by atoms with E-state index >= 15 is 0 Å². The molecule has 8 atom stereocenters. The van der Waals surface area contributed by atoms with Crippen molar-refractivity contribution in [1.82, 2.24) is 0 Å². The number of benzene rings is 1. The summed E-state index contributed by atoms with van der Waals surface area (Å²) >= 11 is 83.3. The van der Waals surface area contributed by atoms with Gasteiger partial charge in [0.15, 0.2) is 8.67 Å². The van der Waals surface area contributed by atoms with E-state index < -0.39 is 51.8 Å². The number of halogens is 12. The van der Waals surface area contributed by atoms with Crippen molar-refractivity contribution in [1.29, 1.82) is 0 Å². The first-order chi connectivity index (χ1) is 14.6. The number of alkyl halides is 8. The lowest BCUT2D eigenvalue weighted by molar-refractivity contribution is 0.201. The van der Waals surface area contributed by atoms with Crippen LogP contribution in [0.1, 0.15) is 23.0 Å². The summed E-state index contributed by atoms with van der Waals surface area (Å²) in [7, 11) is 0. The van der Waals surface area contributed by atoms with Crippen LogP contribution in [0.4, 0.5) is 0 Å². The molecule has 0 saturated heterocycles. The van der Waals surface area contributed by atoms with Gasteiger partial charge in [-0.05, 0) is 11.1 Å². The molecule has 5 aliphatic rings. The maximum absolute atomic E-state index is 7.25. The molecule has 32 heavy (non-hydrogen) atoms. The number of hydrogen-bond acceptors (Lipinski definition) is 0. The zero-order valence-corrected chi connectivity index (χ0v) is 24.2. The Hall–Kier alpha value is 2.18. The molecule has 0 spiro atoms. The molecular weight excluding hydrogens is 666 g/mol. The first kappa shape index (κ1) is 24.5. The maximum atomic E-state index is 7.25. The summed E-state index contributed by atoms with van der Waals surface area (Å²) in [6.45, 7) is 0. The molecule has 1 aromatic rings. The Morgan fingerprint density at radius 1 is 0.469 bits per heavy atom. The summed E-state index contributed by atoms with van der Waals surface area (Å²) in [5.74, 6) is -2.54. The second-order valence-electron chi connectivity index (χ2n) is 8.89. The van der Waals surface area contributed by atoms with Crippen molar-refractivity contribution in [2.75, 3.05) is 0 Å². The average molecular weight is 674 g/mol. The zero-order valence-electron chi connectivity index (χ0n) is 15.2. The van der Waals surface area contributed by atoms with Gasteiger partial charge >= 0.3 is 0 Å². The third-order valence-corrected chi connectivity index (χ3v) is 16.6. The van der Waals surface area contributed by atoms with Gasteiger partial charge in [0, 0.05) is 23.7 Å². The molecule has 0 radical (unpaired) electrons. The third kappa shape index (κ3) is 2.00. The smallest absolute Gasteiger partial charge is 0.109 e. The van der Waals surface area contributed by atoms with Crippen LogP contribution in [0.5, 0.6) is 0 Å². The monoisotopic (exact) mass is 668 g/mol. The fourth-order valence-corrected chi connectivity index (χ4v) is 12.9. The highest BCUT2D eigenvalue weighted by molar-refractivity contribution is 6.67. The van der Waals surface area contributed by atoms with Crippen molar-refractivity contribution in [2.24, 2.45) is 11.8 Å². The third-order valence-electron chi connectivity index (χ3n) is 8.04. The summed E-state index contributed by atoms with van der Waals surface area (Å²) in [4.78, 5) is -6.33. The number of rotatable bonds is 0. The summed E-state index contributed by atoms with van der Waals surface area (Å²) in [5, 5.41) is 0.274. The Morgan fingerprint density at radius 2 is 0.750 bits per heavy atom. The predicted molar refractivity (Wildman–Crippen MR) is 140 cm³/mol. The molecule has 0 aliphatic heterocycles. The van der Waals surface area contributed by atoms with E-state index in [1.165, 1.54) is 0 Å². The Labute approximate surface area is 244 Å². The fourth-order valence-electron chi connectivity index (χ4n) is 6.85. The Balaban J connectivity index is 1.78. The van der Waals surface area contributed by atoms with Crippen molar-refractivity contribution in [3.63, 3.8) is 0 Å². The SMILES string of the molecule is ClC1=C(Cl)C2(Cl)C3C(c4ccccc4C4C3C3(Cl)C(Cl)=C(Cl)C4(Cl)C3(Cl)Cl)C1(Cl)C2(Cl)Cl. The van der Waals surface area contributed by atoms with E-state index in [4.69, 9.17) is 139 Å². The van der Waals surface area contributed by atoms with Crippen LogP contribution in [0.25, 0.3) is 0 Å². The van der Waals surface area contributed by atoms with E-state index in [0.717, 1.165) is 11.1 Å². The highest BCUT2D eigenvalue weighted by atomic mass is 35.5. The molecule has 12 heteroatoms. The Morgan fingerprint density at radius 3 is 1.06 bits per heavy atom. The van der Waals surface area contributed by atoms with Gasteiger partial charge in [-0.15, -0.1) is 46.4 Å². The number of hydrogen-bond donors (Lipinski definition) is 0. The molecule has 8 unspecified atom stereocenters. The molecule has 1 aromatic carbocycles. The quantitative estimate of drug-likeness (QED) is 0.241. The minimum Gasteiger partial charge on any atom is -0.109 e. The maximum Gasteiger partial charge on any atom is 0.167 e. The first-order valence-electron chi connectivity index (χ1n) is 9.33. The van der Waals surface area contributed by atoms with Gasteiger partial charge in [-0.1, -0.05) is 117 Å². The number of allylic oxidation sites excluding steroid dienone is 4. The number of fused-ring (bicyclic) bond motifs is 14. The molecule has 5 aliphatic carbocycles. The predicted octanol–water partition coefficient (Wildman–Crippen LogP) is 9.79. The molecule has 2 saturated carbocycles.